The SMILES string of the molecule is CC(C)(C)OC(=O)N1CCOCCOCCN(C(=O)CCc2ccccc2)CCOCCOCC1. The van der Waals surface area contributed by atoms with Gasteiger partial charge in [-0.1, -0.05) is 30.3 Å². The number of hydrogen-bond acceptors (Lipinski definition) is 7. The number of nitrogens with zero attached hydrogens (tertiary/aromatic N) is 2. The van der Waals surface area contributed by atoms with Crippen LogP contribution in [-0.4, -0.2) is 106 Å². The van der Waals surface area contributed by atoms with E-state index in [1.807, 2.05) is 51.1 Å². The van der Waals surface area contributed by atoms with Gasteiger partial charge in [-0.3, -0.25) is 4.79 Å². The monoisotopic (exact) mass is 494 g/mol. The molecule has 1 aromatic carbocycles. The summed E-state index contributed by atoms with van der Waals surface area (Å²) < 4.78 is 28.1. The van der Waals surface area contributed by atoms with E-state index in [-0.39, 0.29) is 12.0 Å². The van der Waals surface area contributed by atoms with Crippen LogP contribution in [0.2, 0.25) is 0 Å². The Kier molecular flexibility index (Phi) is 13.7. The lowest BCUT2D eigenvalue weighted by Crippen LogP contribution is -2.40. The van der Waals surface area contributed by atoms with Gasteiger partial charge in [0.1, 0.15) is 5.60 Å². The van der Waals surface area contributed by atoms with E-state index >= 15 is 0 Å². The number of carbonyl (C=O) groups is 2. The molecule has 1 heterocycles. The van der Waals surface area contributed by atoms with E-state index < -0.39 is 5.60 Å². The minimum absolute atomic E-state index is 0.0881. The third kappa shape index (κ3) is 13.5. The molecule has 9 heteroatoms. The number of rotatable bonds is 3. The molecule has 9 nitrogen and oxygen atoms in total. The van der Waals surface area contributed by atoms with Crippen molar-refractivity contribution in [2.24, 2.45) is 0 Å². The van der Waals surface area contributed by atoms with E-state index in [0.29, 0.717) is 91.9 Å². The fraction of sp³-hybridized carbons (Fsp3) is 0.692. The first-order valence-electron chi connectivity index (χ1n) is 12.5. The van der Waals surface area contributed by atoms with Gasteiger partial charge in [-0.2, -0.15) is 0 Å². The van der Waals surface area contributed by atoms with Crippen LogP contribution in [0.5, 0.6) is 0 Å². The molecule has 0 radical (unpaired) electrons. The number of aryl methyl sites for hydroxylation is 1. The second-order valence-corrected chi connectivity index (χ2v) is 9.28. The van der Waals surface area contributed by atoms with Crippen molar-refractivity contribution in [1.29, 1.82) is 0 Å². The Morgan fingerprint density at radius 2 is 1.20 bits per heavy atom. The lowest BCUT2D eigenvalue weighted by molar-refractivity contribution is -0.133. The zero-order chi connectivity index (χ0) is 25.4. The number of carbonyl (C=O) groups excluding carboxylic acids is 2. The summed E-state index contributed by atoms with van der Waals surface area (Å²) in [4.78, 5) is 28.6. The zero-order valence-electron chi connectivity index (χ0n) is 21.5. The Morgan fingerprint density at radius 3 is 1.66 bits per heavy atom. The standard InChI is InChI=1S/C26H42N2O7/c1-26(2,3)35-25(30)28-13-17-33-21-19-31-15-11-27(12-16-32-20-22-34-18-14-28)24(29)10-9-23-7-5-4-6-8-23/h4-8H,9-22H2,1-3H3. The van der Waals surface area contributed by atoms with Crippen molar-refractivity contribution in [3.8, 4) is 0 Å². The number of benzene rings is 1. The normalized spacial score (nSPS) is 18.4. The summed E-state index contributed by atoms with van der Waals surface area (Å²) in [6, 6.07) is 10.0. The summed E-state index contributed by atoms with van der Waals surface area (Å²) in [5, 5.41) is 0. The molecule has 1 fully saturated rings. The quantitative estimate of drug-likeness (QED) is 0.639. The highest BCUT2D eigenvalue weighted by Crippen LogP contribution is 2.10. The fourth-order valence-corrected chi connectivity index (χ4v) is 3.38. The Morgan fingerprint density at radius 1 is 0.743 bits per heavy atom. The first kappa shape index (κ1) is 29.0. The number of hydrogen-bond donors (Lipinski definition) is 0. The third-order valence-electron chi connectivity index (χ3n) is 5.24. The van der Waals surface area contributed by atoms with E-state index in [1.54, 1.807) is 9.80 Å². The lowest BCUT2D eigenvalue weighted by Gasteiger charge is -2.27. The molecule has 35 heavy (non-hydrogen) atoms. The summed E-state index contributed by atoms with van der Waals surface area (Å²) in [6.45, 7) is 10.6. The average Bonchev–Trinajstić information content (AvgIpc) is 2.82. The molecule has 198 valence electrons. The predicted molar refractivity (Wildman–Crippen MR) is 132 cm³/mol. The van der Waals surface area contributed by atoms with Crippen molar-refractivity contribution in [1.82, 2.24) is 9.80 Å². The number of ether oxygens (including phenoxy) is 5. The maximum absolute atomic E-state index is 12.8. The summed E-state index contributed by atoms with van der Waals surface area (Å²) in [7, 11) is 0. The summed E-state index contributed by atoms with van der Waals surface area (Å²) >= 11 is 0. The Labute approximate surface area is 209 Å². The molecule has 1 aliphatic heterocycles. The maximum Gasteiger partial charge on any atom is 0.410 e. The van der Waals surface area contributed by atoms with Crippen LogP contribution in [-0.2, 0) is 34.9 Å². The topological polar surface area (TPSA) is 86.8 Å². The smallest absolute Gasteiger partial charge is 0.410 e. The van der Waals surface area contributed by atoms with E-state index in [0.717, 1.165) is 5.56 Å². The van der Waals surface area contributed by atoms with E-state index in [4.69, 9.17) is 23.7 Å². The average molecular weight is 495 g/mol. The molecule has 2 amide bonds. The van der Waals surface area contributed by atoms with E-state index in [9.17, 15) is 9.59 Å². The van der Waals surface area contributed by atoms with Crippen LogP contribution < -0.4 is 0 Å². The first-order valence-corrected chi connectivity index (χ1v) is 12.5. The molecule has 2 rings (SSSR count). The molecule has 0 saturated carbocycles. The van der Waals surface area contributed by atoms with Gasteiger partial charge in [-0.25, -0.2) is 4.79 Å². The van der Waals surface area contributed by atoms with Gasteiger partial charge < -0.3 is 33.5 Å². The van der Waals surface area contributed by atoms with Crippen LogP contribution in [0, 0.1) is 0 Å². The molecular weight excluding hydrogens is 452 g/mol. The maximum atomic E-state index is 12.8. The van der Waals surface area contributed by atoms with Gasteiger partial charge in [0.2, 0.25) is 5.91 Å². The van der Waals surface area contributed by atoms with Gasteiger partial charge in [0.25, 0.3) is 0 Å². The molecule has 1 saturated heterocycles. The highest BCUT2D eigenvalue weighted by molar-refractivity contribution is 5.76. The fourth-order valence-electron chi connectivity index (χ4n) is 3.38. The Balaban J connectivity index is 1.80. The van der Waals surface area contributed by atoms with E-state index in [1.165, 1.54) is 0 Å². The molecule has 0 N–H and O–H groups in total. The van der Waals surface area contributed by atoms with Gasteiger partial charge in [0.05, 0.1) is 52.9 Å². The van der Waals surface area contributed by atoms with Crippen molar-refractivity contribution in [2.75, 3.05) is 79.0 Å². The predicted octanol–water partition coefficient (Wildman–Crippen LogP) is 2.76. The van der Waals surface area contributed by atoms with Gasteiger partial charge in [0, 0.05) is 32.6 Å². The van der Waals surface area contributed by atoms with Crippen LogP contribution in [0.25, 0.3) is 0 Å². The largest absolute Gasteiger partial charge is 0.444 e. The van der Waals surface area contributed by atoms with E-state index in [2.05, 4.69) is 0 Å². The van der Waals surface area contributed by atoms with Crippen LogP contribution in [0.3, 0.4) is 0 Å². The summed E-state index contributed by atoms with van der Waals surface area (Å²) in [5.74, 6) is 0.0881. The molecule has 0 aliphatic carbocycles. The zero-order valence-corrected chi connectivity index (χ0v) is 21.5. The third-order valence-corrected chi connectivity index (χ3v) is 5.24. The highest BCUT2D eigenvalue weighted by atomic mass is 16.6. The van der Waals surface area contributed by atoms with Gasteiger partial charge in [-0.15, -0.1) is 0 Å². The van der Waals surface area contributed by atoms with Gasteiger partial charge >= 0.3 is 6.09 Å². The van der Waals surface area contributed by atoms with Crippen molar-refractivity contribution in [3.05, 3.63) is 35.9 Å². The number of amides is 2. The van der Waals surface area contributed by atoms with Crippen LogP contribution in [0.1, 0.15) is 32.8 Å². The van der Waals surface area contributed by atoms with Crippen molar-refractivity contribution >= 4 is 12.0 Å². The minimum Gasteiger partial charge on any atom is -0.444 e. The van der Waals surface area contributed by atoms with Crippen molar-refractivity contribution in [3.63, 3.8) is 0 Å². The van der Waals surface area contributed by atoms with Gasteiger partial charge in [0.15, 0.2) is 0 Å². The van der Waals surface area contributed by atoms with Crippen LogP contribution >= 0.6 is 0 Å². The van der Waals surface area contributed by atoms with Crippen molar-refractivity contribution in [2.45, 2.75) is 39.2 Å². The molecule has 0 bridgehead atoms. The Bertz CT molecular complexity index is 704. The second-order valence-electron chi connectivity index (χ2n) is 9.28. The van der Waals surface area contributed by atoms with Crippen LogP contribution in [0.15, 0.2) is 30.3 Å². The molecule has 0 spiro atoms. The molecule has 1 aromatic rings. The minimum atomic E-state index is -0.566. The first-order chi connectivity index (χ1) is 16.8. The highest BCUT2D eigenvalue weighted by Gasteiger charge is 2.22. The van der Waals surface area contributed by atoms with Gasteiger partial charge in [-0.05, 0) is 32.8 Å². The van der Waals surface area contributed by atoms with Crippen molar-refractivity contribution < 1.29 is 33.3 Å². The molecule has 0 aromatic heterocycles. The molecule has 0 atom stereocenters. The summed E-state index contributed by atoms with van der Waals surface area (Å²) in [6.07, 6.45) is 0.771. The second kappa shape index (κ2) is 16.5. The lowest BCUT2D eigenvalue weighted by atomic mass is 10.1. The molecular formula is C26H42N2O7. The Hall–Kier alpha value is -2.20. The van der Waals surface area contributed by atoms with Crippen LogP contribution in [0.4, 0.5) is 4.79 Å². The molecule has 1 aliphatic rings. The summed E-state index contributed by atoms with van der Waals surface area (Å²) in [5.41, 5.74) is 0.581. The molecule has 0 unspecified atom stereocenters.